The van der Waals surface area contributed by atoms with Gasteiger partial charge in [0, 0.05) is 11.8 Å². The smallest absolute Gasteiger partial charge is 0.163 e. The van der Waals surface area contributed by atoms with Crippen molar-refractivity contribution in [3.05, 3.63) is 23.8 Å². The van der Waals surface area contributed by atoms with E-state index < -0.39 is 0 Å². The molecular weight excluding hydrogens is 188 g/mol. The topological polar surface area (TPSA) is 34.1 Å². The van der Waals surface area contributed by atoms with Crippen LogP contribution in [0.5, 0.6) is 0 Å². The van der Waals surface area contributed by atoms with Gasteiger partial charge >= 0.3 is 0 Å². The molecule has 0 unspecified atom stereocenters. The molecule has 3 aliphatic rings. The molecule has 15 heavy (non-hydrogen) atoms. The van der Waals surface area contributed by atoms with Crippen LogP contribution in [0, 0.1) is 23.7 Å². The minimum absolute atomic E-state index is 0.0209. The van der Waals surface area contributed by atoms with E-state index in [9.17, 15) is 9.59 Å². The summed E-state index contributed by atoms with van der Waals surface area (Å²) >= 11 is 0. The zero-order chi connectivity index (χ0) is 10.6. The van der Waals surface area contributed by atoms with Crippen LogP contribution in [0.1, 0.15) is 19.8 Å². The van der Waals surface area contributed by atoms with Crippen LogP contribution in [-0.4, -0.2) is 11.6 Å². The average molecular weight is 202 g/mol. The van der Waals surface area contributed by atoms with E-state index >= 15 is 0 Å². The highest BCUT2D eigenvalue weighted by Gasteiger charge is 2.52. The van der Waals surface area contributed by atoms with Crippen molar-refractivity contribution in [1.29, 1.82) is 0 Å². The van der Waals surface area contributed by atoms with E-state index in [4.69, 9.17) is 0 Å². The maximum Gasteiger partial charge on any atom is 0.163 e. The Hall–Kier alpha value is -1.18. The molecule has 78 valence electrons. The first-order valence-electron chi connectivity index (χ1n) is 5.69. The van der Waals surface area contributed by atoms with E-state index in [1.807, 2.05) is 6.92 Å². The summed E-state index contributed by atoms with van der Waals surface area (Å²) in [5, 5.41) is 0. The fourth-order valence-electron chi connectivity index (χ4n) is 3.40. The highest BCUT2D eigenvalue weighted by Crippen LogP contribution is 2.51. The summed E-state index contributed by atoms with van der Waals surface area (Å²) in [6.45, 7) is 1.94. The summed E-state index contributed by atoms with van der Waals surface area (Å²) in [5.41, 5.74) is 0.738. The first kappa shape index (κ1) is 9.08. The molecule has 3 aliphatic carbocycles. The number of hydrogen-bond acceptors (Lipinski definition) is 2. The predicted octanol–water partition coefficient (Wildman–Crippen LogP) is 1.91. The molecule has 0 saturated heterocycles. The number of Topliss-reactive ketones (excluding diaryl/α,β-unsaturated/α-hetero) is 1. The second kappa shape index (κ2) is 2.91. The molecule has 3 rings (SSSR count). The van der Waals surface area contributed by atoms with Crippen LogP contribution in [0.4, 0.5) is 0 Å². The van der Waals surface area contributed by atoms with E-state index in [1.54, 1.807) is 6.08 Å². The Bertz CT molecular complexity index is 403. The van der Waals surface area contributed by atoms with Gasteiger partial charge in [0.25, 0.3) is 0 Å². The molecule has 0 N–H and O–H groups in total. The van der Waals surface area contributed by atoms with Gasteiger partial charge in [-0.2, -0.15) is 0 Å². The third-order valence-corrected chi connectivity index (χ3v) is 4.10. The summed E-state index contributed by atoms with van der Waals surface area (Å²) in [4.78, 5) is 24.0. The number of ketones is 2. The monoisotopic (exact) mass is 202 g/mol. The third-order valence-electron chi connectivity index (χ3n) is 4.10. The molecule has 2 nitrogen and oxygen atoms in total. The van der Waals surface area contributed by atoms with Crippen LogP contribution in [0.2, 0.25) is 0 Å². The fraction of sp³-hybridized carbons (Fsp3) is 0.538. The Labute approximate surface area is 89.0 Å². The van der Waals surface area contributed by atoms with Crippen LogP contribution in [-0.2, 0) is 9.59 Å². The Morgan fingerprint density at radius 1 is 1.20 bits per heavy atom. The molecule has 2 heteroatoms. The van der Waals surface area contributed by atoms with Crippen molar-refractivity contribution in [1.82, 2.24) is 0 Å². The molecule has 2 bridgehead atoms. The standard InChI is InChI=1S/C13H14O2/c1-2-7-6-10(14)11-8-3-4-9(5-8)12(11)13(7)15/h3-4,6,8-9,11-12H,2,5H2,1H3/t8-,9+,11+,12+/m1/s1. The van der Waals surface area contributed by atoms with Gasteiger partial charge in [0.15, 0.2) is 11.6 Å². The summed E-state index contributed by atoms with van der Waals surface area (Å²) < 4.78 is 0. The van der Waals surface area contributed by atoms with Gasteiger partial charge in [-0.05, 0) is 36.3 Å². The van der Waals surface area contributed by atoms with E-state index in [2.05, 4.69) is 12.2 Å². The van der Waals surface area contributed by atoms with E-state index in [0.29, 0.717) is 18.3 Å². The zero-order valence-electron chi connectivity index (χ0n) is 8.77. The lowest BCUT2D eigenvalue weighted by molar-refractivity contribution is -0.130. The molecule has 0 aromatic rings. The van der Waals surface area contributed by atoms with E-state index in [0.717, 1.165) is 12.0 Å². The highest BCUT2D eigenvalue weighted by molar-refractivity contribution is 6.11. The molecule has 0 aromatic carbocycles. The van der Waals surface area contributed by atoms with Gasteiger partial charge in [-0.3, -0.25) is 9.59 Å². The normalized spacial score (nSPS) is 42.1. The Morgan fingerprint density at radius 2 is 1.87 bits per heavy atom. The van der Waals surface area contributed by atoms with Gasteiger partial charge in [0.05, 0.1) is 0 Å². The lowest BCUT2D eigenvalue weighted by atomic mass is 9.72. The molecule has 4 atom stereocenters. The Balaban J connectivity index is 2.05. The highest BCUT2D eigenvalue weighted by atomic mass is 16.1. The molecule has 1 fully saturated rings. The SMILES string of the molecule is CCC1=CC(=O)[C@H]2[C@@H](C1=O)[C@H]1C=C[C@@H]2C1. The predicted molar refractivity (Wildman–Crippen MR) is 56.1 cm³/mol. The van der Waals surface area contributed by atoms with Crippen LogP contribution in [0.3, 0.4) is 0 Å². The number of rotatable bonds is 1. The number of allylic oxidation sites excluding steroid dienone is 4. The second-order valence-electron chi connectivity index (χ2n) is 4.79. The van der Waals surface area contributed by atoms with Crippen molar-refractivity contribution >= 4 is 11.6 Å². The third kappa shape index (κ3) is 1.05. The van der Waals surface area contributed by atoms with Gasteiger partial charge in [-0.25, -0.2) is 0 Å². The van der Waals surface area contributed by atoms with Crippen molar-refractivity contribution in [2.75, 3.05) is 0 Å². The zero-order valence-corrected chi connectivity index (χ0v) is 8.77. The van der Waals surface area contributed by atoms with Crippen molar-refractivity contribution in [3.8, 4) is 0 Å². The Kier molecular flexibility index (Phi) is 1.76. The quantitative estimate of drug-likeness (QED) is 0.609. The van der Waals surface area contributed by atoms with Gasteiger partial charge in [-0.1, -0.05) is 19.1 Å². The molecule has 1 saturated carbocycles. The molecule has 0 aromatic heterocycles. The number of hydrogen-bond donors (Lipinski definition) is 0. The minimum Gasteiger partial charge on any atom is -0.294 e. The molecule has 0 spiro atoms. The van der Waals surface area contributed by atoms with Crippen LogP contribution in [0.25, 0.3) is 0 Å². The maximum absolute atomic E-state index is 12.1. The number of fused-ring (bicyclic) bond motifs is 5. The van der Waals surface area contributed by atoms with Crippen molar-refractivity contribution in [3.63, 3.8) is 0 Å². The van der Waals surface area contributed by atoms with Gasteiger partial charge in [0.1, 0.15) is 0 Å². The van der Waals surface area contributed by atoms with E-state index in [-0.39, 0.29) is 23.4 Å². The molecule has 0 amide bonds. The van der Waals surface area contributed by atoms with Crippen LogP contribution < -0.4 is 0 Å². The lowest BCUT2D eigenvalue weighted by Gasteiger charge is -2.29. The van der Waals surface area contributed by atoms with Gasteiger partial charge in [0.2, 0.25) is 0 Å². The Morgan fingerprint density at radius 3 is 2.53 bits per heavy atom. The van der Waals surface area contributed by atoms with E-state index in [1.165, 1.54) is 0 Å². The summed E-state index contributed by atoms with van der Waals surface area (Å²) in [5.74, 6) is 1.06. The first-order chi connectivity index (χ1) is 7.22. The van der Waals surface area contributed by atoms with Crippen molar-refractivity contribution in [2.24, 2.45) is 23.7 Å². The molecule has 0 heterocycles. The molecule has 0 radical (unpaired) electrons. The summed E-state index contributed by atoms with van der Waals surface area (Å²) in [7, 11) is 0. The molecular formula is C13H14O2. The van der Waals surface area contributed by atoms with Crippen LogP contribution >= 0.6 is 0 Å². The van der Waals surface area contributed by atoms with Crippen molar-refractivity contribution in [2.45, 2.75) is 19.8 Å². The molecule has 0 aliphatic heterocycles. The minimum atomic E-state index is -0.0252. The van der Waals surface area contributed by atoms with Gasteiger partial charge in [-0.15, -0.1) is 0 Å². The summed E-state index contributed by atoms with van der Waals surface area (Å²) in [6.07, 6.45) is 7.56. The largest absolute Gasteiger partial charge is 0.294 e. The maximum atomic E-state index is 12.1. The fourth-order valence-corrected chi connectivity index (χ4v) is 3.40. The van der Waals surface area contributed by atoms with Crippen molar-refractivity contribution < 1.29 is 9.59 Å². The van der Waals surface area contributed by atoms with Crippen LogP contribution in [0.15, 0.2) is 23.8 Å². The number of carbonyl (C=O) groups is 2. The lowest BCUT2D eigenvalue weighted by Crippen LogP contribution is -2.37. The average Bonchev–Trinajstić information content (AvgIpc) is 2.83. The van der Waals surface area contributed by atoms with Gasteiger partial charge < -0.3 is 0 Å². The second-order valence-corrected chi connectivity index (χ2v) is 4.79. The number of carbonyl (C=O) groups excluding carboxylic acids is 2. The summed E-state index contributed by atoms with van der Waals surface area (Å²) in [6, 6.07) is 0. The first-order valence-corrected chi connectivity index (χ1v) is 5.69.